The number of ether oxygens (including phenoxy) is 2. The van der Waals surface area contributed by atoms with Gasteiger partial charge in [0.1, 0.15) is 36.3 Å². The number of nitrogens with one attached hydrogen (secondary N) is 2. The Morgan fingerprint density at radius 2 is 1.79 bits per heavy atom. The smallest absolute Gasteiger partial charge is 0.255 e. The first kappa shape index (κ1) is 23.2. The van der Waals surface area contributed by atoms with Gasteiger partial charge < -0.3 is 20.1 Å². The van der Waals surface area contributed by atoms with Crippen molar-refractivity contribution in [3.05, 3.63) is 70.3 Å². The Hall–Kier alpha value is -4.01. The molecular formula is C25H21ClN4O4. The van der Waals surface area contributed by atoms with Crippen LogP contribution in [0.4, 0.5) is 0 Å². The van der Waals surface area contributed by atoms with Crippen LogP contribution >= 0.6 is 11.6 Å². The zero-order valence-electron chi connectivity index (χ0n) is 18.1. The van der Waals surface area contributed by atoms with E-state index < -0.39 is 23.4 Å². The van der Waals surface area contributed by atoms with E-state index in [1.165, 1.54) is 6.07 Å². The van der Waals surface area contributed by atoms with E-state index in [0.717, 1.165) is 0 Å². The Labute approximate surface area is 201 Å². The molecule has 0 saturated heterocycles. The second kappa shape index (κ2) is 9.86. The summed E-state index contributed by atoms with van der Waals surface area (Å²) in [7, 11) is 0. The molecule has 2 amide bonds. The number of nitriles is 2. The van der Waals surface area contributed by atoms with E-state index in [1.54, 1.807) is 42.5 Å². The highest BCUT2D eigenvalue weighted by Crippen LogP contribution is 2.34. The van der Waals surface area contributed by atoms with E-state index in [4.69, 9.17) is 21.1 Å². The maximum absolute atomic E-state index is 13.2. The summed E-state index contributed by atoms with van der Waals surface area (Å²) >= 11 is 6.35. The van der Waals surface area contributed by atoms with Crippen LogP contribution in [0.15, 0.2) is 48.6 Å². The molecule has 2 N–H and O–H groups in total. The third kappa shape index (κ3) is 5.31. The number of amides is 2. The molecule has 1 atom stereocenters. The van der Waals surface area contributed by atoms with Crippen molar-refractivity contribution in [2.75, 3.05) is 13.2 Å². The summed E-state index contributed by atoms with van der Waals surface area (Å²) in [5.41, 5.74) is 0.210. The Kier molecular flexibility index (Phi) is 6.72. The number of benzene rings is 2. The molecule has 5 rings (SSSR count). The lowest BCUT2D eigenvalue weighted by atomic mass is 10.0. The molecule has 2 aromatic carbocycles. The van der Waals surface area contributed by atoms with Gasteiger partial charge in [0.2, 0.25) is 5.91 Å². The Bertz CT molecular complexity index is 1240. The minimum Gasteiger partial charge on any atom is -0.489 e. The second-order valence-electron chi connectivity index (χ2n) is 8.09. The molecule has 0 spiro atoms. The molecule has 2 bridgehead atoms. The van der Waals surface area contributed by atoms with E-state index in [9.17, 15) is 20.1 Å². The normalized spacial score (nSPS) is 18.8. The van der Waals surface area contributed by atoms with Crippen LogP contribution in [0.2, 0.25) is 5.02 Å². The quantitative estimate of drug-likeness (QED) is 0.642. The van der Waals surface area contributed by atoms with Crippen molar-refractivity contribution in [1.29, 1.82) is 10.5 Å². The molecule has 172 valence electrons. The van der Waals surface area contributed by atoms with Gasteiger partial charge in [-0.15, -0.1) is 0 Å². The summed E-state index contributed by atoms with van der Waals surface area (Å²) in [6.45, 7) is 0.432. The van der Waals surface area contributed by atoms with Gasteiger partial charge in [0, 0.05) is 6.42 Å². The summed E-state index contributed by atoms with van der Waals surface area (Å²) in [4.78, 5) is 26.3. The van der Waals surface area contributed by atoms with Gasteiger partial charge in [-0.25, -0.2) is 0 Å². The number of halogens is 1. The number of hydrogen-bond donors (Lipinski definition) is 2. The minimum absolute atomic E-state index is 0.128. The molecule has 3 aliphatic rings. The standard InChI is InChI=1S/C25H21ClN4O4/c26-19-12-16-3-6-22(19)34-10-2-1-9-33-21-5-4-17(14-27)11-18(21)23(31)29-20(13-16)24(32)30-25(15-28)7-8-25/h1-6,11-12,20H,7-10,13H2,(H,29,31)(H,30,32)/t20-/m0/s1. The van der Waals surface area contributed by atoms with Gasteiger partial charge in [-0.05, 0) is 60.9 Å². The third-order valence-electron chi connectivity index (χ3n) is 5.57. The number of carbonyl (C=O) groups is 2. The molecule has 34 heavy (non-hydrogen) atoms. The summed E-state index contributed by atoms with van der Waals surface area (Å²) in [6.07, 6.45) is 4.75. The molecular weight excluding hydrogens is 456 g/mol. The molecule has 2 aliphatic heterocycles. The third-order valence-corrected chi connectivity index (χ3v) is 5.87. The van der Waals surface area contributed by atoms with Crippen LogP contribution in [0.1, 0.15) is 34.3 Å². The lowest BCUT2D eigenvalue weighted by molar-refractivity contribution is -0.123. The van der Waals surface area contributed by atoms with Crippen molar-refractivity contribution in [3.8, 4) is 23.6 Å². The van der Waals surface area contributed by atoms with Crippen LogP contribution in [0.5, 0.6) is 11.5 Å². The number of fused-ring (bicyclic) bond motifs is 9. The fourth-order valence-electron chi connectivity index (χ4n) is 3.50. The van der Waals surface area contributed by atoms with Gasteiger partial charge in [0.05, 0.1) is 28.3 Å². The minimum atomic E-state index is -0.993. The molecule has 0 aromatic heterocycles. The van der Waals surface area contributed by atoms with Crippen molar-refractivity contribution in [1.82, 2.24) is 10.6 Å². The molecule has 2 heterocycles. The van der Waals surface area contributed by atoms with Crippen LogP contribution in [0, 0.1) is 22.7 Å². The van der Waals surface area contributed by atoms with Gasteiger partial charge in [0.15, 0.2) is 0 Å². The van der Waals surface area contributed by atoms with Crippen LogP contribution < -0.4 is 20.1 Å². The van der Waals surface area contributed by atoms with Gasteiger partial charge in [-0.2, -0.15) is 10.5 Å². The van der Waals surface area contributed by atoms with Crippen molar-refractivity contribution in [2.24, 2.45) is 0 Å². The van der Waals surface area contributed by atoms with Gasteiger partial charge in [0.25, 0.3) is 5.91 Å². The Balaban J connectivity index is 1.69. The predicted octanol–water partition coefficient (Wildman–Crippen LogP) is 3.05. The lowest BCUT2D eigenvalue weighted by Gasteiger charge is -2.21. The topological polar surface area (TPSA) is 124 Å². The van der Waals surface area contributed by atoms with Gasteiger partial charge >= 0.3 is 0 Å². The highest BCUT2D eigenvalue weighted by atomic mass is 35.5. The zero-order valence-corrected chi connectivity index (χ0v) is 18.9. The summed E-state index contributed by atoms with van der Waals surface area (Å²) in [5.74, 6) is -0.290. The number of hydrogen-bond acceptors (Lipinski definition) is 6. The Morgan fingerprint density at radius 1 is 1.09 bits per heavy atom. The zero-order chi connectivity index (χ0) is 24.1. The van der Waals surface area contributed by atoms with E-state index in [1.807, 2.05) is 6.07 Å². The molecule has 1 fully saturated rings. The number of rotatable bonds is 2. The molecule has 0 radical (unpaired) electrons. The predicted molar refractivity (Wildman–Crippen MR) is 123 cm³/mol. The second-order valence-corrected chi connectivity index (χ2v) is 8.50. The fraction of sp³-hybridized carbons (Fsp3) is 0.280. The van der Waals surface area contributed by atoms with Crippen LogP contribution in [-0.4, -0.2) is 36.6 Å². The maximum atomic E-state index is 13.2. The summed E-state index contributed by atoms with van der Waals surface area (Å²) in [5, 5.41) is 24.5. The van der Waals surface area contributed by atoms with Crippen LogP contribution in [0.25, 0.3) is 0 Å². The van der Waals surface area contributed by atoms with Gasteiger partial charge in [-0.3, -0.25) is 9.59 Å². The van der Waals surface area contributed by atoms with Crippen LogP contribution in [0.3, 0.4) is 0 Å². The van der Waals surface area contributed by atoms with E-state index in [-0.39, 0.29) is 36.5 Å². The number of carbonyl (C=O) groups excluding carboxylic acids is 2. The first-order valence-corrected chi connectivity index (χ1v) is 11.1. The van der Waals surface area contributed by atoms with Crippen molar-refractivity contribution >= 4 is 23.4 Å². The number of nitrogens with zero attached hydrogens (tertiary/aromatic N) is 2. The Morgan fingerprint density at radius 3 is 2.44 bits per heavy atom. The van der Waals surface area contributed by atoms with Gasteiger partial charge in [-0.1, -0.05) is 17.7 Å². The summed E-state index contributed by atoms with van der Waals surface area (Å²) in [6, 6.07) is 12.8. The molecule has 1 aliphatic carbocycles. The largest absolute Gasteiger partial charge is 0.489 e. The maximum Gasteiger partial charge on any atom is 0.255 e. The van der Waals surface area contributed by atoms with Crippen molar-refractivity contribution in [2.45, 2.75) is 30.8 Å². The average molecular weight is 477 g/mol. The van der Waals surface area contributed by atoms with Crippen LogP contribution in [-0.2, 0) is 11.2 Å². The first-order valence-electron chi connectivity index (χ1n) is 10.7. The van der Waals surface area contributed by atoms with Crippen molar-refractivity contribution < 1.29 is 19.1 Å². The highest BCUT2D eigenvalue weighted by molar-refractivity contribution is 6.32. The van der Waals surface area contributed by atoms with E-state index >= 15 is 0 Å². The van der Waals surface area contributed by atoms with E-state index in [0.29, 0.717) is 29.2 Å². The summed E-state index contributed by atoms with van der Waals surface area (Å²) < 4.78 is 11.4. The monoisotopic (exact) mass is 476 g/mol. The lowest BCUT2D eigenvalue weighted by Crippen LogP contribution is -2.51. The molecule has 0 unspecified atom stereocenters. The molecule has 1 saturated carbocycles. The molecule has 2 aromatic rings. The SMILES string of the molecule is N#Cc1ccc2c(c1)C(=O)N[C@H](C(=O)NC1(C#N)CC1)Cc1ccc(c(Cl)c1)OCC=CCO2. The molecule has 8 nitrogen and oxygen atoms in total. The van der Waals surface area contributed by atoms with E-state index in [2.05, 4.69) is 16.7 Å². The van der Waals surface area contributed by atoms with Crippen molar-refractivity contribution in [3.63, 3.8) is 0 Å². The highest BCUT2D eigenvalue weighted by Gasteiger charge is 2.45. The molecule has 9 heteroatoms. The first-order chi connectivity index (χ1) is 16.4. The fourth-order valence-corrected chi connectivity index (χ4v) is 3.75. The average Bonchev–Trinajstić information content (AvgIpc) is 3.61.